The van der Waals surface area contributed by atoms with Gasteiger partial charge in [0.15, 0.2) is 0 Å². The second-order valence-electron chi connectivity index (χ2n) is 3.80. The Kier molecular flexibility index (Phi) is 7.97. The Bertz CT molecular complexity index is 333. The minimum absolute atomic E-state index is 0.372. The lowest BCUT2D eigenvalue weighted by Gasteiger charge is -1.95. The highest BCUT2D eigenvalue weighted by Crippen LogP contribution is 2.05. The van der Waals surface area contributed by atoms with Gasteiger partial charge in [-0.05, 0) is 46.6 Å². The molecule has 0 rings (SSSR count). The Morgan fingerprint density at radius 3 is 2.56 bits per heavy atom. The van der Waals surface area contributed by atoms with Gasteiger partial charge in [0.25, 0.3) is 0 Å². The topological polar surface area (TPSA) is 26.3 Å². The van der Waals surface area contributed by atoms with Crippen molar-refractivity contribution in [2.45, 2.75) is 40.5 Å². The molecule has 0 aromatic rings. The van der Waals surface area contributed by atoms with Crippen LogP contribution in [-0.2, 0) is 9.53 Å². The largest absolute Gasteiger partial charge is 0.456 e. The van der Waals surface area contributed by atoms with Crippen LogP contribution in [-0.4, -0.2) is 12.6 Å². The van der Waals surface area contributed by atoms with Crippen molar-refractivity contribution in [3.8, 4) is 11.8 Å². The summed E-state index contributed by atoms with van der Waals surface area (Å²) in [5.74, 6) is 4.65. The van der Waals surface area contributed by atoms with Crippen molar-refractivity contribution in [1.29, 1.82) is 0 Å². The van der Waals surface area contributed by atoms with E-state index >= 15 is 0 Å². The zero-order chi connectivity index (χ0) is 12.4. The lowest BCUT2D eigenvalue weighted by atomic mass is 10.1. The van der Waals surface area contributed by atoms with Crippen LogP contribution >= 0.6 is 0 Å². The fourth-order valence-corrected chi connectivity index (χ4v) is 1.05. The molecule has 0 aromatic heterocycles. The first-order chi connectivity index (χ1) is 7.56. The second-order valence-corrected chi connectivity index (χ2v) is 3.80. The first kappa shape index (κ1) is 14.5. The monoisotopic (exact) mass is 220 g/mol. The molecule has 0 aliphatic rings. The van der Waals surface area contributed by atoms with E-state index in [9.17, 15) is 4.79 Å². The highest BCUT2D eigenvalue weighted by Gasteiger charge is 1.91. The van der Waals surface area contributed by atoms with Crippen LogP contribution in [0.2, 0.25) is 0 Å². The molecule has 88 valence electrons. The van der Waals surface area contributed by atoms with Crippen molar-refractivity contribution < 1.29 is 9.53 Å². The average molecular weight is 220 g/mol. The molecule has 0 bridgehead atoms. The molecule has 0 saturated heterocycles. The molecule has 16 heavy (non-hydrogen) atoms. The maximum atomic E-state index is 10.9. The van der Waals surface area contributed by atoms with Crippen LogP contribution in [0.5, 0.6) is 0 Å². The SMILES string of the molecule is CCOC(=O)C#C/C=C(\C)CCC=C(C)C. The molecule has 0 spiro atoms. The second kappa shape index (κ2) is 8.79. The molecule has 0 fully saturated rings. The molecule has 0 atom stereocenters. The number of hydrogen-bond donors (Lipinski definition) is 0. The van der Waals surface area contributed by atoms with Gasteiger partial charge in [-0.2, -0.15) is 0 Å². The van der Waals surface area contributed by atoms with Gasteiger partial charge in [0.05, 0.1) is 6.61 Å². The molecular weight excluding hydrogens is 200 g/mol. The first-order valence-corrected chi connectivity index (χ1v) is 5.53. The maximum absolute atomic E-state index is 10.9. The number of esters is 1. The zero-order valence-corrected chi connectivity index (χ0v) is 10.6. The van der Waals surface area contributed by atoms with Crippen LogP contribution in [0.4, 0.5) is 0 Å². The Labute approximate surface area is 98.4 Å². The van der Waals surface area contributed by atoms with Crippen LogP contribution in [0.3, 0.4) is 0 Å². The van der Waals surface area contributed by atoms with Crippen LogP contribution in [0, 0.1) is 11.8 Å². The predicted molar refractivity (Wildman–Crippen MR) is 66.8 cm³/mol. The zero-order valence-electron chi connectivity index (χ0n) is 10.6. The van der Waals surface area contributed by atoms with Crippen molar-refractivity contribution in [2.75, 3.05) is 6.61 Å². The van der Waals surface area contributed by atoms with E-state index in [2.05, 4.69) is 36.5 Å². The van der Waals surface area contributed by atoms with E-state index in [1.54, 1.807) is 13.0 Å². The van der Waals surface area contributed by atoms with Gasteiger partial charge in [-0.25, -0.2) is 4.79 Å². The highest BCUT2D eigenvalue weighted by molar-refractivity contribution is 5.88. The summed E-state index contributed by atoms with van der Waals surface area (Å²) in [6, 6.07) is 0. The van der Waals surface area contributed by atoms with E-state index in [-0.39, 0.29) is 0 Å². The summed E-state index contributed by atoms with van der Waals surface area (Å²) in [5, 5.41) is 0. The molecule has 0 aliphatic heterocycles. The molecule has 0 aromatic carbocycles. The van der Waals surface area contributed by atoms with Gasteiger partial charge >= 0.3 is 5.97 Å². The van der Waals surface area contributed by atoms with E-state index in [0.717, 1.165) is 12.8 Å². The fraction of sp³-hybridized carbons (Fsp3) is 0.500. The lowest BCUT2D eigenvalue weighted by Crippen LogP contribution is -1.99. The fourth-order valence-electron chi connectivity index (χ4n) is 1.05. The van der Waals surface area contributed by atoms with Crippen molar-refractivity contribution in [1.82, 2.24) is 0 Å². The van der Waals surface area contributed by atoms with Crippen molar-refractivity contribution in [3.05, 3.63) is 23.3 Å². The number of hydrogen-bond acceptors (Lipinski definition) is 2. The number of rotatable bonds is 4. The quantitative estimate of drug-likeness (QED) is 0.314. The minimum atomic E-state index is -0.462. The Morgan fingerprint density at radius 2 is 2.00 bits per heavy atom. The third kappa shape index (κ3) is 9.08. The van der Waals surface area contributed by atoms with Gasteiger partial charge in [0, 0.05) is 5.92 Å². The van der Waals surface area contributed by atoms with Gasteiger partial charge < -0.3 is 4.74 Å². The average Bonchev–Trinajstić information content (AvgIpc) is 2.17. The van der Waals surface area contributed by atoms with Crippen LogP contribution in [0.15, 0.2) is 23.3 Å². The summed E-state index contributed by atoms with van der Waals surface area (Å²) in [6.07, 6.45) is 5.96. The van der Waals surface area contributed by atoms with E-state index in [1.807, 2.05) is 6.92 Å². The summed E-state index contributed by atoms with van der Waals surface area (Å²) in [7, 11) is 0. The molecule has 2 heteroatoms. The summed E-state index contributed by atoms with van der Waals surface area (Å²) >= 11 is 0. The number of allylic oxidation sites excluding steroid dienone is 4. The molecule has 0 radical (unpaired) electrons. The van der Waals surface area contributed by atoms with E-state index in [4.69, 9.17) is 0 Å². The molecule has 0 saturated carbocycles. The molecular formula is C14H20O2. The molecule has 0 heterocycles. The van der Waals surface area contributed by atoms with Crippen LogP contribution < -0.4 is 0 Å². The molecule has 0 N–H and O–H groups in total. The van der Waals surface area contributed by atoms with Crippen molar-refractivity contribution >= 4 is 5.97 Å². The smallest absolute Gasteiger partial charge is 0.384 e. The highest BCUT2D eigenvalue weighted by atomic mass is 16.5. The van der Waals surface area contributed by atoms with Gasteiger partial charge in [-0.1, -0.05) is 23.1 Å². The van der Waals surface area contributed by atoms with Gasteiger partial charge in [0.1, 0.15) is 0 Å². The summed E-state index contributed by atoms with van der Waals surface area (Å²) < 4.78 is 4.68. The number of carbonyl (C=O) groups excluding carboxylic acids is 1. The summed E-state index contributed by atoms with van der Waals surface area (Å²) in [4.78, 5) is 10.9. The molecule has 0 unspecified atom stereocenters. The Balaban J connectivity index is 4.03. The van der Waals surface area contributed by atoms with Crippen molar-refractivity contribution in [3.63, 3.8) is 0 Å². The Hall–Kier alpha value is -1.49. The van der Waals surface area contributed by atoms with E-state index < -0.39 is 5.97 Å². The molecule has 2 nitrogen and oxygen atoms in total. The molecule has 0 aliphatic carbocycles. The first-order valence-electron chi connectivity index (χ1n) is 5.53. The summed E-state index contributed by atoms with van der Waals surface area (Å²) in [5.41, 5.74) is 2.50. The predicted octanol–water partition coefficient (Wildman–Crippen LogP) is 3.25. The Morgan fingerprint density at radius 1 is 1.31 bits per heavy atom. The minimum Gasteiger partial charge on any atom is -0.456 e. The third-order valence-electron chi connectivity index (χ3n) is 1.86. The van der Waals surface area contributed by atoms with Crippen LogP contribution in [0.1, 0.15) is 40.5 Å². The van der Waals surface area contributed by atoms with E-state index in [0.29, 0.717) is 6.61 Å². The van der Waals surface area contributed by atoms with Gasteiger partial charge in [0.2, 0.25) is 0 Å². The van der Waals surface area contributed by atoms with Gasteiger partial charge in [-0.15, -0.1) is 0 Å². The van der Waals surface area contributed by atoms with Crippen LogP contribution in [0.25, 0.3) is 0 Å². The maximum Gasteiger partial charge on any atom is 0.384 e. The van der Waals surface area contributed by atoms with Gasteiger partial charge in [-0.3, -0.25) is 0 Å². The van der Waals surface area contributed by atoms with E-state index in [1.165, 1.54) is 11.1 Å². The number of carbonyl (C=O) groups is 1. The summed E-state index contributed by atoms with van der Waals surface area (Å²) in [6.45, 7) is 8.31. The molecule has 0 amide bonds. The number of ether oxygens (including phenoxy) is 1. The third-order valence-corrected chi connectivity index (χ3v) is 1.86. The normalized spacial score (nSPS) is 10.1. The lowest BCUT2D eigenvalue weighted by molar-refractivity contribution is -0.136. The van der Waals surface area contributed by atoms with Crippen molar-refractivity contribution in [2.24, 2.45) is 0 Å². The standard InChI is InChI=1S/C14H20O2/c1-5-16-14(15)11-7-10-13(4)9-6-8-12(2)3/h8,10H,5-6,9H2,1-4H3/b13-10+.